The molecule has 0 aliphatic carbocycles. The number of likely N-dealkylation sites (tertiary alicyclic amines) is 1. The molecule has 0 radical (unpaired) electrons. The van der Waals surface area contributed by atoms with Crippen molar-refractivity contribution in [2.24, 2.45) is 0 Å². The predicted molar refractivity (Wildman–Crippen MR) is 77.1 cm³/mol. The molecule has 0 amide bonds. The summed E-state index contributed by atoms with van der Waals surface area (Å²) >= 11 is 5.96. The van der Waals surface area contributed by atoms with Crippen molar-refractivity contribution >= 4 is 23.3 Å². The highest BCUT2D eigenvalue weighted by molar-refractivity contribution is 6.33. The lowest BCUT2D eigenvalue weighted by Crippen LogP contribution is -2.42. The first-order valence-electron chi connectivity index (χ1n) is 6.47. The van der Waals surface area contributed by atoms with E-state index in [9.17, 15) is 4.79 Å². The first-order chi connectivity index (χ1) is 8.97. The van der Waals surface area contributed by atoms with Crippen LogP contribution in [0.1, 0.15) is 30.1 Å². The van der Waals surface area contributed by atoms with E-state index in [0.717, 1.165) is 25.1 Å². The molecule has 1 aromatic carbocycles. The van der Waals surface area contributed by atoms with Crippen molar-refractivity contribution in [3.05, 3.63) is 28.8 Å². The topological polar surface area (TPSA) is 52.6 Å². The molecule has 1 saturated heterocycles. The van der Waals surface area contributed by atoms with Crippen LogP contribution in [-0.2, 0) is 0 Å². The van der Waals surface area contributed by atoms with Crippen LogP contribution in [0.25, 0.3) is 0 Å². The van der Waals surface area contributed by atoms with Crippen LogP contribution in [0.15, 0.2) is 18.2 Å². The minimum Gasteiger partial charge on any atom is -0.478 e. The van der Waals surface area contributed by atoms with E-state index in [0.29, 0.717) is 12.1 Å². The third kappa shape index (κ3) is 3.39. The van der Waals surface area contributed by atoms with Crippen molar-refractivity contribution in [3.63, 3.8) is 0 Å². The van der Waals surface area contributed by atoms with Gasteiger partial charge in [-0.1, -0.05) is 11.6 Å². The van der Waals surface area contributed by atoms with Crippen LogP contribution >= 0.6 is 11.6 Å². The Morgan fingerprint density at radius 1 is 1.53 bits per heavy atom. The lowest BCUT2D eigenvalue weighted by atomic mass is 9.98. The highest BCUT2D eigenvalue weighted by atomic mass is 35.5. The molecule has 0 spiro atoms. The summed E-state index contributed by atoms with van der Waals surface area (Å²) in [4.78, 5) is 13.2. The zero-order valence-electron chi connectivity index (χ0n) is 11.2. The van der Waals surface area contributed by atoms with Gasteiger partial charge in [0.05, 0.1) is 10.6 Å². The summed E-state index contributed by atoms with van der Waals surface area (Å²) in [5.74, 6) is -0.996. The molecule has 5 heteroatoms. The summed E-state index contributed by atoms with van der Waals surface area (Å²) < 4.78 is 0. The Balaban J connectivity index is 2.04. The van der Waals surface area contributed by atoms with Gasteiger partial charge in [0.1, 0.15) is 0 Å². The minimum absolute atomic E-state index is 0.143. The van der Waals surface area contributed by atoms with Gasteiger partial charge in [-0.2, -0.15) is 0 Å². The van der Waals surface area contributed by atoms with Crippen LogP contribution in [0, 0.1) is 0 Å². The van der Waals surface area contributed by atoms with E-state index in [-0.39, 0.29) is 10.6 Å². The SMILES string of the molecule is CC1CC(Nc2ccc(C(=O)O)c(Cl)c2)CCN1C. The quantitative estimate of drug-likeness (QED) is 0.895. The number of rotatable bonds is 3. The standard InChI is InChI=1S/C14H19ClN2O2/c1-9-7-11(5-6-17(9)2)16-10-3-4-12(14(18)19)13(15)8-10/h3-4,8-9,11,16H,5-7H2,1-2H3,(H,18,19). The number of nitrogens with one attached hydrogen (secondary N) is 1. The van der Waals surface area contributed by atoms with Gasteiger partial charge in [-0.05, 0) is 45.0 Å². The number of hydrogen-bond acceptors (Lipinski definition) is 3. The Hall–Kier alpha value is -1.26. The number of carboxylic acid groups (broad SMARTS) is 1. The van der Waals surface area contributed by atoms with E-state index >= 15 is 0 Å². The summed E-state index contributed by atoms with van der Waals surface area (Å²) in [5, 5.41) is 12.6. The fourth-order valence-corrected chi connectivity index (χ4v) is 2.70. The Labute approximate surface area is 118 Å². The van der Waals surface area contributed by atoms with Crippen molar-refractivity contribution in [2.75, 3.05) is 18.9 Å². The summed E-state index contributed by atoms with van der Waals surface area (Å²) in [5.41, 5.74) is 1.03. The molecular weight excluding hydrogens is 264 g/mol. The number of benzene rings is 1. The van der Waals surface area contributed by atoms with E-state index in [2.05, 4.69) is 24.2 Å². The maximum Gasteiger partial charge on any atom is 0.337 e. The fourth-order valence-electron chi connectivity index (χ4n) is 2.43. The molecule has 2 unspecified atom stereocenters. The molecule has 0 aromatic heterocycles. The third-order valence-electron chi connectivity index (χ3n) is 3.78. The molecule has 2 rings (SSSR count). The molecule has 104 valence electrons. The molecule has 1 fully saturated rings. The maximum absolute atomic E-state index is 10.9. The van der Waals surface area contributed by atoms with Gasteiger partial charge in [0, 0.05) is 24.3 Å². The molecule has 0 saturated carbocycles. The van der Waals surface area contributed by atoms with Crippen molar-refractivity contribution in [1.82, 2.24) is 4.90 Å². The van der Waals surface area contributed by atoms with Crippen molar-refractivity contribution in [3.8, 4) is 0 Å². The van der Waals surface area contributed by atoms with Crippen molar-refractivity contribution in [2.45, 2.75) is 31.8 Å². The second kappa shape index (κ2) is 5.80. The van der Waals surface area contributed by atoms with Crippen LogP contribution in [-0.4, -0.2) is 41.7 Å². The molecule has 19 heavy (non-hydrogen) atoms. The maximum atomic E-state index is 10.9. The predicted octanol–water partition coefficient (Wildman–Crippen LogP) is 2.93. The lowest BCUT2D eigenvalue weighted by Gasteiger charge is -2.35. The Bertz CT molecular complexity index is 479. The minimum atomic E-state index is -0.996. The highest BCUT2D eigenvalue weighted by Gasteiger charge is 2.22. The molecule has 1 aromatic rings. The number of nitrogens with zero attached hydrogens (tertiary/aromatic N) is 1. The van der Waals surface area contributed by atoms with Gasteiger partial charge in [-0.15, -0.1) is 0 Å². The van der Waals surface area contributed by atoms with Gasteiger partial charge in [0.2, 0.25) is 0 Å². The first-order valence-corrected chi connectivity index (χ1v) is 6.85. The second-order valence-corrected chi connectivity index (χ2v) is 5.60. The van der Waals surface area contributed by atoms with Crippen molar-refractivity contribution < 1.29 is 9.90 Å². The first kappa shape index (κ1) is 14.2. The summed E-state index contributed by atoms with van der Waals surface area (Å²) in [6, 6.07) is 5.98. The van der Waals surface area contributed by atoms with Gasteiger partial charge in [0.25, 0.3) is 0 Å². The molecule has 1 aliphatic rings. The van der Waals surface area contributed by atoms with Crippen LogP contribution in [0.2, 0.25) is 5.02 Å². The number of carboxylic acids is 1. The summed E-state index contributed by atoms with van der Waals surface area (Å²) in [6.45, 7) is 3.29. The number of carbonyl (C=O) groups is 1. The zero-order chi connectivity index (χ0) is 14.0. The number of anilines is 1. The van der Waals surface area contributed by atoms with Gasteiger partial charge in [0.15, 0.2) is 0 Å². The second-order valence-electron chi connectivity index (χ2n) is 5.20. The van der Waals surface area contributed by atoms with E-state index in [1.165, 1.54) is 0 Å². The largest absolute Gasteiger partial charge is 0.478 e. The van der Waals surface area contributed by atoms with Crippen LogP contribution in [0.4, 0.5) is 5.69 Å². The van der Waals surface area contributed by atoms with Gasteiger partial charge < -0.3 is 15.3 Å². The van der Waals surface area contributed by atoms with Crippen LogP contribution in [0.5, 0.6) is 0 Å². The average molecular weight is 283 g/mol. The molecule has 2 N–H and O–H groups in total. The van der Waals surface area contributed by atoms with E-state index in [1.54, 1.807) is 18.2 Å². The molecule has 1 aliphatic heterocycles. The van der Waals surface area contributed by atoms with E-state index in [4.69, 9.17) is 16.7 Å². The Morgan fingerprint density at radius 3 is 2.84 bits per heavy atom. The smallest absolute Gasteiger partial charge is 0.337 e. The van der Waals surface area contributed by atoms with Crippen LogP contribution in [0.3, 0.4) is 0 Å². The fraction of sp³-hybridized carbons (Fsp3) is 0.500. The lowest BCUT2D eigenvalue weighted by molar-refractivity contribution is 0.0697. The number of hydrogen-bond donors (Lipinski definition) is 2. The molecule has 2 atom stereocenters. The van der Waals surface area contributed by atoms with Gasteiger partial charge in [-0.3, -0.25) is 0 Å². The molecular formula is C14H19ClN2O2. The highest BCUT2D eigenvalue weighted by Crippen LogP contribution is 2.24. The monoisotopic (exact) mass is 282 g/mol. The van der Waals surface area contributed by atoms with Crippen LogP contribution < -0.4 is 5.32 Å². The zero-order valence-corrected chi connectivity index (χ0v) is 11.9. The third-order valence-corrected chi connectivity index (χ3v) is 4.09. The van der Waals surface area contributed by atoms with E-state index < -0.39 is 5.97 Å². The number of aromatic carboxylic acids is 1. The van der Waals surface area contributed by atoms with Crippen molar-refractivity contribution in [1.29, 1.82) is 0 Å². The molecule has 0 bridgehead atoms. The molecule has 4 nitrogen and oxygen atoms in total. The normalized spacial score (nSPS) is 24.2. The number of halogens is 1. The summed E-state index contributed by atoms with van der Waals surface area (Å²) in [6.07, 6.45) is 2.16. The van der Waals surface area contributed by atoms with E-state index in [1.807, 2.05) is 0 Å². The Morgan fingerprint density at radius 2 is 2.26 bits per heavy atom. The van der Waals surface area contributed by atoms with Gasteiger partial charge >= 0.3 is 5.97 Å². The average Bonchev–Trinajstić information content (AvgIpc) is 2.33. The number of piperidine rings is 1. The Kier molecular flexibility index (Phi) is 4.32. The van der Waals surface area contributed by atoms with Gasteiger partial charge in [-0.25, -0.2) is 4.79 Å². The molecule has 1 heterocycles. The summed E-state index contributed by atoms with van der Waals surface area (Å²) in [7, 11) is 2.14.